The van der Waals surface area contributed by atoms with E-state index in [-0.39, 0.29) is 24.7 Å². The van der Waals surface area contributed by atoms with E-state index in [1.165, 1.54) is 4.90 Å². The van der Waals surface area contributed by atoms with Crippen LogP contribution >= 0.6 is 0 Å². The van der Waals surface area contributed by atoms with Crippen molar-refractivity contribution >= 4 is 11.9 Å². The summed E-state index contributed by atoms with van der Waals surface area (Å²) in [7, 11) is 3.25. The van der Waals surface area contributed by atoms with Gasteiger partial charge in [0.05, 0.1) is 26.6 Å². The Morgan fingerprint density at radius 1 is 1.25 bits per heavy atom. The van der Waals surface area contributed by atoms with E-state index >= 15 is 0 Å². The highest BCUT2D eigenvalue weighted by atomic mass is 16.5. The molecule has 0 radical (unpaired) electrons. The van der Waals surface area contributed by atoms with Gasteiger partial charge in [0.2, 0.25) is 5.91 Å². The van der Waals surface area contributed by atoms with Gasteiger partial charge in [0, 0.05) is 19.2 Å². The monoisotopic (exact) mass is 279 g/mol. The number of methoxy groups -OCH3 is 1. The summed E-state index contributed by atoms with van der Waals surface area (Å²) in [5.74, 6) is 0.350. The zero-order chi connectivity index (χ0) is 15.0. The minimum absolute atomic E-state index is 0.0567. The molecule has 1 amide bonds. The van der Waals surface area contributed by atoms with Crippen LogP contribution in [-0.4, -0.2) is 44.1 Å². The van der Waals surface area contributed by atoms with Gasteiger partial charge in [-0.2, -0.15) is 0 Å². The fourth-order valence-corrected chi connectivity index (χ4v) is 1.76. The molecular formula is C15H21NO4. The first-order valence-electron chi connectivity index (χ1n) is 6.60. The van der Waals surface area contributed by atoms with Crippen molar-refractivity contribution in [1.29, 1.82) is 0 Å². The molecule has 0 aromatic heterocycles. The number of rotatable bonds is 7. The molecule has 0 saturated heterocycles. The first-order valence-corrected chi connectivity index (χ1v) is 6.60. The number of carbonyl (C=O) groups excluding carboxylic acids is 2. The zero-order valence-corrected chi connectivity index (χ0v) is 12.2. The van der Waals surface area contributed by atoms with Gasteiger partial charge >= 0.3 is 5.97 Å². The maximum absolute atomic E-state index is 12.1. The molecule has 0 saturated carbocycles. The molecule has 0 aliphatic heterocycles. The van der Waals surface area contributed by atoms with Crippen molar-refractivity contribution in [2.45, 2.75) is 19.8 Å². The summed E-state index contributed by atoms with van der Waals surface area (Å²) >= 11 is 0. The average Bonchev–Trinajstić information content (AvgIpc) is 2.45. The molecule has 20 heavy (non-hydrogen) atoms. The number of benzene rings is 1. The van der Waals surface area contributed by atoms with E-state index in [2.05, 4.69) is 0 Å². The van der Waals surface area contributed by atoms with Gasteiger partial charge in [0.15, 0.2) is 0 Å². The summed E-state index contributed by atoms with van der Waals surface area (Å²) < 4.78 is 10.0. The van der Waals surface area contributed by atoms with E-state index in [1.807, 2.05) is 24.3 Å². The Labute approximate surface area is 119 Å². The third kappa shape index (κ3) is 4.91. The molecule has 1 rings (SSSR count). The highest BCUT2D eigenvalue weighted by molar-refractivity contribution is 5.80. The molecule has 0 N–H and O–H groups in total. The minimum atomic E-state index is -0.288. The molecule has 0 unspecified atom stereocenters. The Bertz CT molecular complexity index is 459. The lowest BCUT2D eigenvalue weighted by Gasteiger charge is -2.17. The van der Waals surface area contributed by atoms with Crippen molar-refractivity contribution in [3.05, 3.63) is 29.8 Å². The van der Waals surface area contributed by atoms with Crippen molar-refractivity contribution in [2.24, 2.45) is 0 Å². The standard InChI is InChI=1S/C15H21NO4/c1-4-20-15(18)9-10-16(2)14(17)11-12-7-5-6-8-13(12)19-3/h5-8H,4,9-11H2,1-3H3. The van der Waals surface area contributed by atoms with Gasteiger partial charge < -0.3 is 14.4 Å². The fraction of sp³-hybridized carbons (Fsp3) is 0.467. The van der Waals surface area contributed by atoms with Gasteiger partial charge in [0.25, 0.3) is 0 Å². The SMILES string of the molecule is CCOC(=O)CCN(C)C(=O)Cc1ccccc1OC. The van der Waals surface area contributed by atoms with E-state index < -0.39 is 0 Å². The van der Waals surface area contributed by atoms with Crippen molar-refractivity contribution < 1.29 is 19.1 Å². The van der Waals surface area contributed by atoms with Crippen LogP contribution in [0.3, 0.4) is 0 Å². The van der Waals surface area contributed by atoms with Gasteiger partial charge in [-0.1, -0.05) is 18.2 Å². The van der Waals surface area contributed by atoms with Crippen LogP contribution in [0.5, 0.6) is 5.75 Å². The molecule has 0 bridgehead atoms. The van der Waals surface area contributed by atoms with Crippen molar-refractivity contribution in [2.75, 3.05) is 27.3 Å². The number of carbonyl (C=O) groups is 2. The van der Waals surface area contributed by atoms with Crippen LogP contribution in [0.4, 0.5) is 0 Å². The number of nitrogens with zero attached hydrogens (tertiary/aromatic N) is 1. The number of para-hydroxylation sites is 1. The Morgan fingerprint density at radius 2 is 1.95 bits per heavy atom. The lowest BCUT2D eigenvalue weighted by atomic mass is 10.1. The van der Waals surface area contributed by atoms with Gasteiger partial charge in [-0.25, -0.2) is 0 Å². The molecule has 0 fully saturated rings. The number of amides is 1. The quantitative estimate of drug-likeness (QED) is 0.712. The topological polar surface area (TPSA) is 55.8 Å². The van der Waals surface area contributed by atoms with Crippen molar-refractivity contribution in [1.82, 2.24) is 4.90 Å². The van der Waals surface area contributed by atoms with Crippen LogP contribution in [0.1, 0.15) is 18.9 Å². The Hall–Kier alpha value is -2.04. The molecule has 0 aliphatic carbocycles. The van der Waals surface area contributed by atoms with Crippen LogP contribution in [0.25, 0.3) is 0 Å². The molecule has 0 spiro atoms. The zero-order valence-electron chi connectivity index (χ0n) is 12.2. The minimum Gasteiger partial charge on any atom is -0.496 e. The van der Waals surface area contributed by atoms with Crippen molar-refractivity contribution in [3.63, 3.8) is 0 Å². The summed E-state index contributed by atoms with van der Waals surface area (Å²) in [6.07, 6.45) is 0.464. The van der Waals surface area contributed by atoms with E-state index in [9.17, 15) is 9.59 Å². The molecular weight excluding hydrogens is 258 g/mol. The highest BCUT2D eigenvalue weighted by Gasteiger charge is 2.14. The fourth-order valence-electron chi connectivity index (χ4n) is 1.76. The average molecular weight is 279 g/mol. The van der Waals surface area contributed by atoms with Gasteiger partial charge in [-0.15, -0.1) is 0 Å². The number of esters is 1. The number of likely N-dealkylation sites (N-methyl/N-ethyl adjacent to an activating group) is 1. The smallest absolute Gasteiger partial charge is 0.307 e. The molecule has 0 aliphatic rings. The molecule has 1 aromatic carbocycles. The second-order valence-corrected chi connectivity index (χ2v) is 4.36. The van der Waals surface area contributed by atoms with E-state index in [4.69, 9.17) is 9.47 Å². The largest absolute Gasteiger partial charge is 0.496 e. The summed E-state index contributed by atoms with van der Waals surface area (Å²) in [4.78, 5) is 24.8. The van der Waals surface area contributed by atoms with Gasteiger partial charge in [-0.3, -0.25) is 9.59 Å². The van der Waals surface area contributed by atoms with Crippen LogP contribution in [0.2, 0.25) is 0 Å². The maximum atomic E-state index is 12.1. The molecule has 0 atom stereocenters. The molecule has 0 heterocycles. The number of ether oxygens (including phenoxy) is 2. The highest BCUT2D eigenvalue weighted by Crippen LogP contribution is 2.18. The Kier molecular flexibility index (Phi) is 6.56. The second kappa shape index (κ2) is 8.19. The van der Waals surface area contributed by atoms with Crippen LogP contribution in [-0.2, 0) is 20.7 Å². The Balaban J connectivity index is 2.51. The van der Waals surface area contributed by atoms with Crippen LogP contribution in [0.15, 0.2) is 24.3 Å². The summed E-state index contributed by atoms with van der Waals surface area (Å²) in [5.41, 5.74) is 0.836. The van der Waals surface area contributed by atoms with E-state index in [1.54, 1.807) is 21.1 Å². The maximum Gasteiger partial charge on any atom is 0.307 e. The predicted molar refractivity (Wildman–Crippen MR) is 75.6 cm³/mol. The summed E-state index contributed by atoms with van der Waals surface area (Å²) in [6, 6.07) is 7.40. The second-order valence-electron chi connectivity index (χ2n) is 4.36. The third-order valence-electron chi connectivity index (χ3n) is 2.92. The van der Waals surface area contributed by atoms with Crippen LogP contribution in [0, 0.1) is 0 Å². The third-order valence-corrected chi connectivity index (χ3v) is 2.92. The van der Waals surface area contributed by atoms with Gasteiger partial charge in [0.1, 0.15) is 5.75 Å². The molecule has 5 nitrogen and oxygen atoms in total. The lowest BCUT2D eigenvalue weighted by Crippen LogP contribution is -2.30. The summed E-state index contributed by atoms with van der Waals surface area (Å²) in [5, 5.41) is 0. The van der Waals surface area contributed by atoms with Gasteiger partial charge in [-0.05, 0) is 13.0 Å². The molecule has 110 valence electrons. The van der Waals surface area contributed by atoms with E-state index in [0.717, 1.165) is 5.56 Å². The van der Waals surface area contributed by atoms with E-state index in [0.29, 0.717) is 18.9 Å². The number of hydrogen-bond donors (Lipinski definition) is 0. The normalized spacial score (nSPS) is 9.95. The number of hydrogen-bond acceptors (Lipinski definition) is 4. The molecule has 1 aromatic rings. The lowest BCUT2D eigenvalue weighted by molar-refractivity contribution is -0.143. The summed E-state index contributed by atoms with van der Waals surface area (Å²) in [6.45, 7) is 2.47. The van der Waals surface area contributed by atoms with Crippen molar-refractivity contribution in [3.8, 4) is 5.75 Å². The first kappa shape index (κ1) is 16.0. The Morgan fingerprint density at radius 3 is 2.60 bits per heavy atom. The predicted octanol–water partition coefficient (Wildman–Crippen LogP) is 1.65. The van der Waals surface area contributed by atoms with Crippen LogP contribution < -0.4 is 4.74 Å². The molecule has 5 heteroatoms. The first-order chi connectivity index (χ1) is 9.58.